The van der Waals surface area contributed by atoms with E-state index in [0.717, 1.165) is 19.0 Å². The van der Waals surface area contributed by atoms with E-state index in [1.54, 1.807) is 0 Å². The first kappa shape index (κ1) is 13.4. The van der Waals surface area contributed by atoms with Crippen LogP contribution in [0.25, 0.3) is 0 Å². The number of nitrogens with zero attached hydrogens (tertiary/aromatic N) is 1. The molecule has 2 N–H and O–H groups in total. The van der Waals surface area contributed by atoms with Crippen LogP contribution in [-0.2, 0) is 6.54 Å². The maximum absolute atomic E-state index is 13.5. The average Bonchev–Trinajstić information content (AvgIpc) is 2.67. The molecule has 0 saturated carbocycles. The Morgan fingerprint density at radius 1 is 1.22 bits per heavy atom. The van der Waals surface area contributed by atoms with E-state index in [4.69, 9.17) is 5.73 Å². The summed E-state index contributed by atoms with van der Waals surface area (Å²) < 4.78 is 39.4. The summed E-state index contributed by atoms with van der Waals surface area (Å²) in [5.41, 5.74) is 5.81. The van der Waals surface area contributed by atoms with E-state index in [1.165, 1.54) is 0 Å². The lowest BCUT2D eigenvalue weighted by atomic mass is 10.1. The zero-order chi connectivity index (χ0) is 13.3. The minimum atomic E-state index is -1.15. The van der Waals surface area contributed by atoms with Crippen molar-refractivity contribution in [2.45, 2.75) is 25.9 Å². The smallest absolute Gasteiger partial charge is 0.161 e. The first-order valence-electron chi connectivity index (χ1n) is 6.08. The molecule has 1 saturated heterocycles. The van der Waals surface area contributed by atoms with Gasteiger partial charge in [0.2, 0.25) is 0 Å². The molecule has 100 valence electrons. The van der Waals surface area contributed by atoms with Gasteiger partial charge in [-0.25, -0.2) is 13.2 Å². The molecule has 5 heteroatoms. The standard InChI is InChI=1S/C13H17F3N2/c1-8-2-9(5-17)6-18(8)7-10-3-12(15)13(16)4-11(10)14/h3-4,8-9H,2,5-7,17H2,1H3. The van der Waals surface area contributed by atoms with E-state index in [1.807, 2.05) is 11.8 Å². The molecule has 2 unspecified atom stereocenters. The van der Waals surface area contributed by atoms with Crippen LogP contribution in [0.4, 0.5) is 13.2 Å². The van der Waals surface area contributed by atoms with Crippen molar-refractivity contribution in [3.63, 3.8) is 0 Å². The summed E-state index contributed by atoms with van der Waals surface area (Å²) in [5.74, 6) is -2.45. The molecule has 0 bridgehead atoms. The fourth-order valence-corrected chi connectivity index (χ4v) is 2.51. The van der Waals surface area contributed by atoms with Gasteiger partial charge in [-0.15, -0.1) is 0 Å². The highest BCUT2D eigenvalue weighted by Gasteiger charge is 2.28. The van der Waals surface area contributed by atoms with Gasteiger partial charge in [0.1, 0.15) is 5.82 Å². The van der Waals surface area contributed by atoms with Gasteiger partial charge in [0.05, 0.1) is 0 Å². The number of hydrogen-bond donors (Lipinski definition) is 1. The van der Waals surface area contributed by atoms with E-state index < -0.39 is 17.5 Å². The molecule has 2 atom stereocenters. The van der Waals surface area contributed by atoms with Gasteiger partial charge in [-0.1, -0.05) is 0 Å². The third kappa shape index (κ3) is 2.67. The lowest BCUT2D eigenvalue weighted by Gasteiger charge is -2.21. The predicted molar refractivity (Wildman–Crippen MR) is 63.3 cm³/mol. The van der Waals surface area contributed by atoms with E-state index in [0.29, 0.717) is 25.1 Å². The number of nitrogens with two attached hydrogens (primary N) is 1. The Labute approximate surface area is 105 Å². The SMILES string of the molecule is CC1CC(CN)CN1Cc1cc(F)c(F)cc1F. The van der Waals surface area contributed by atoms with Crippen LogP contribution >= 0.6 is 0 Å². The van der Waals surface area contributed by atoms with E-state index in [2.05, 4.69) is 0 Å². The maximum atomic E-state index is 13.5. The molecule has 18 heavy (non-hydrogen) atoms. The number of hydrogen-bond acceptors (Lipinski definition) is 2. The zero-order valence-corrected chi connectivity index (χ0v) is 10.3. The van der Waals surface area contributed by atoms with Crippen LogP contribution in [0.2, 0.25) is 0 Å². The Morgan fingerprint density at radius 2 is 1.89 bits per heavy atom. The molecule has 0 aliphatic carbocycles. The molecule has 2 nitrogen and oxygen atoms in total. The quantitative estimate of drug-likeness (QED) is 0.843. The summed E-state index contributed by atoms with van der Waals surface area (Å²) >= 11 is 0. The van der Waals surface area contributed by atoms with Gasteiger partial charge in [0, 0.05) is 30.8 Å². The van der Waals surface area contributed by atoms with Crippen LogP contribution in [-0.4, -0.2) is 24.0 Å². The molecule has 1 aromatic rings. The molecule has 0 spiro atoms. The van der Waals surface area contributed by atoms with Gasteiger partial charge in [0.15, 0.2) is 11.6 Å². The predicted octanol–water partition coefficient (Wildman–Crippen LogP) is 2.27. The number of halogens is 3. The van der Waals surface area contributed by atoms with Gasteiger partial charge < -0.3 is 5.73 Å². The molecule has 1 fully saturated rings. The van der Waals surface area contributed by atoms with Crippen LogP contribution < -0.4 is 5.73 Å². The molecular formula is C13H17F3N2. The fraction of sp³-hybridized carbons (Fsp3) is 0.538. The van der Waals surface area contributed by atoms with Crippen LogP contribution in [0.15, 0.2) is 12.1 Å². The summed E-state index contributed by atoms with van der Waals surface area (Å²) in [6, 6.07) is 1.82. The Morgan fingerprint density at radius 3 is 2.50 bits per heavy atom. The molecule has 1 aliphatic heterocycles. The normalized spacial score (nSPS) is 24.7. The Hall–Kier alpha value is -1.07. The molecule has 0 radical (unpaired) electrons. The minimum Gasteiger partial charge on any atom is -0.330 e. The van der Waals surface area contributed by atoms with Gasteiger partial charge in [-0.2, -0.15) is 0 Å². The first-order valence-corrected chi connectivity index (χ1v) is 6.08. The Kier molecular flexibility index (Phi) is 3.92. The van der Waals surface area contributed by atoms with E-state index in [-0.39, 0.29) is 11.6 Å². The highest BCUT2D eigenvalue weighted by Crippen LogP contribution is 2.25. The van der Waals surface area contributed by atoms with Crippen molar-refractivity contribution < 1.29 is 13.2 Å². The summed E-state index contributed by atoms with van der Waals surface area (Å²) in [7, 11) is 0. The molecular weight excluding hydrogens is 241 g/mol. The van der Waals surface area contributed by atoms with Crippen molar-refractivity contribution in [2.24, 2.45) is 11.7 Å². The van der Waals surface area contributed by atoms with Crippen molar-refractivity contribution in [3.05, 3.63) is 35.1 Å². The molecule has 1 heterocycles. The van der Waals surface area contributed by atoms with Gasteiger partial charge in [0.25, 0.3) is 0 Å². The van der Waals surface area contributed by atoms with Crippen molar-refractivity contribution in [1.82, 2.24) is 4.90 Å². The fourth-order valence-electron chi connectivity index (χ4n) is 2.51. The molecule has 0 aromatic heterocycles. The monoisotopic (exact) mass is 258 g/mol. The highest BCUT2D eigenvalue weighted by molar-refractivity contribution is 5.20. The number of benzene rings is 1. The summed E-state index contributed by atoms with van der Waals surface area (Å²) in [6.07, 6.45) is 0.960. The number of likely N-dealkylation sites (tertiary alicyclic amines) is 1. The van der Waals surface area contributed by atoms with Gasteiger partial charge in [-0.3, -0.25) is 4.90 Å². The van der Waals surface area contributed by atoms with Crippen LogP contribution in [0, 0.1) is 23.4 Å². The van der Waals surface area contributed by atoms with Crippen molar-refractivity contribution in [3.8, 4) is 0 Å². The lowest BCUT2D eigenvalue weighted by molar-refractivity contribution is 0.251. The third-order valence-corrected chi connectivity index (χ3v) is 3.59. The van der Waals surface area contributed by atoms with Gasteiger partial charge >= 0.3 is 0 Å². The van der Waals surface area contributed by atoms with Crippen molar-refractivity contribution >= 4 is 0 Å². The van der Waals surface area contributed by atoms with E-state index >= 15 is 0 Å². The lowest BCUT2D eigenvalue weighted by Crippen LogP contribution is -2.27. The average molecular weight is 258 g/mol. The molecule has 1 aromatic carbocycles. The second kappa shape index (κ2) is 5.28. The van der Waals surface area contributed by atoms with Crippen LogP contribution in [0.1, 0.15) is 18.9 Å². The third-order valence-electron chi connectivity index (χ3n) is 3.59. The summed E-state index contributed by atoms with van der Waals surface area (Å²) in [5, 5.41) is 0. The first-order chi connectivity index (χ1) is 8.51. The van der Waals surface area contributed by atoms with Crippen molar-refractivity contribution in [2.75, 3.05) is 13.1 Å². The van der Waals surface area contributed by atoms with Gasteiger partial charge in [-0.05, 0) is 31.9 Å². The molecule has 1 aliphatic rings. The maximum Gasteiger partial charge on any atom is 0.161 e. The topological polar surface area (TPSA) is 29.3 Å². The second-order valence-corrected chi connectivity index (χ2v) is 4.97. The van der Waals surface area contributed by atoms with E-state index in [9.17, 15) is 13.2 Å². The van der Waals surface area contributed by atoms with Crippen LogP contribution in [0.3, 0.4) is 0 Å². The minimum absolute atomic E-state index is 0.193. The molecule has 0 amide bonds. The zero-order valence-electron chi connectivity index (χ0n) is 10.3. The number of rotatable bonds is 3. The molecule has 2 rings (SSSR count). The Balaban J connectivity index is 2.12. The van der Waals surface area contributed by atoms with Crippen LogP contribution in [0.5, 0.6) is 0 Å². The Bertz CT molecular complexity index is 436. The van der Waals surface area contributed by atoms with Crippen molar-refractivity contribution in [1.29, 1.82) is 0 Å². The highest BCUT2D eigenvalue weighted by atomic mass is 19.2. The summed E-state index contributed by atoms with van der Waals surface area (Å²) in [6.45, 7) is 3.70. The second-order valence-electron chi connectivity index (χ2n) is 4.97. The summed E-state index contributed by atoms with van der Waals surface area (Å²) in [4.78, 5) is 2.05. The largest absolute Gasteiger partial charge is 0.330 e.